The van der Waals surface area contributed by atoms with Crippen molar-refractivity contribution in [2.24, 2.45) is 0 Å². The molecule has 2 aromatic rings. The molecule has 0 radical (unpaired) electrons. The van der Waals surface area contributed by atoms with Crippen LogP contribution in [-0.4, -0.2) is 47.4 Å². The summed E-state index contributed by atoms with van der Waals surface area (Å²) in [5, 5.41) is 13.1. The molecule has 4 rings (SSSR count). The van der Waals surface area contributed by atoms with Crippen molar-refractivity contribution < 1.29 is 37.4 Å². The quantitative estimate of drug-likeness (QED) is 0.535. The standard InChI is InChI=1S/C24H23F3N2O5/c25-24(26,27)23(11-12-23)29-21(32)19(9-10-20(30)31)28-22(33)34-13-18-16-7-3-1-5-14(16)15-6-2-4-8-17(15)18/h1-8,18-19H,9-13H2,(H,28,33)(H,29,32)(H,30,31). The molecule has 1 unspecified atom stereocenters. The van der Waals surface area contributed by atoms with Crippen molar-refractivity contribution in [1.29, 1.82) is 0 Å². The zero-order valence-corrected chi connectivity index (χ0v) is 18.0. The number of halogens is 3. The number of carboxylic acids is 1. The molecular weight excluding hydrogens is 453 g/mol. The first-order valence-corrected chi connectivity index (χ1v) is 10.8. The Morgan fingerprint density at radius 2 is 1.59 bits per heavy atom. The van der Waals surface area contributed by atoms with E-state index >= 15 is 0 Å². The van der Waals surface area contributed by atoms with Gasteiger partial charge in [0.1, 0.15) is 18.2 Å². The van der Waals surface area contributed by atoms with Crippen LogP contribution >= 0.6 is 0 Å². The maximum Gasteiger partial charge on any atom is 0.411 e. The number of amides is 2. The fraction of sp³-hybridized carbons (Fsp3) is 0.375. The van der Waals surface area contributed by atoms with Crippen molar-refractivity contribution in [1.82, 2.24) is 10.6 Å². The van der Waals surface area contributed by atoms with Gasteiger partial charge in [-0.25, -0.2) is 4.79 Å². The lowest BCUT2D eigenvalue weighted by atomic mass is 9.98. The summed E-state index contributed by atoms with van der Waals surface area (Å²) in [5.41, 5.74) is 1.66. The molecule has 2 aliphatic carbocycles. The zero-order valence-electron chi connectivity index (χ0n) is 18.0. The highest BCUT2D eigenvalue weighted by Gasteiger charge is 2.64. The monoisotopic (exact) mass is 476 g/mol. The normalized spacial score (nSPS) is 16.7. The van der Waals surface area contributed by atoms with Crippen LogP contribution in [0.3, 0.4) is 0 Å². The Balaban J connectivity index is 1.42. The number of benzene rings is 2. The molecule has 3 N–H and O–H groups in total. The lowest BCUT2D eigenvalue weighted by Gasteiger charge is -2.24. The molecule has 1 atom stereocenters. The number of fused-ring (bicyclic) bond motifs is 3. The molecule has 1 saturated carbocycles. The smallest absolute Gasteiger partial charge is 0.411 e. The van der Waals surface area contributed by atoms with Crippen molar-refractivity contribution in [2.75, 3.05) is 6.61 Å². The lowest BCUT2D eigenvalue weighted by Crippen LogP contribution is -2.55. The van der Waals surface area contributed by atoms with Crippen LogP contribution in [0.25, 0.3) is 11.1 Å². The summed E-state index contributed by atoms with van der Waals surface area (Å²) in [4.78, 5) is 35.9. The van der Waals surface area contributed by atoms with Crippen LogP contribution in [0.4, 0.5) is 18.0 Å². The molecule has 34 heavy (non-hydrogen) atoms. The van der Waals surface area contributed by atoms with Gasteiger partial charge in [0.2, 0.25) is 5.91 Å². The maximum absolute atomic E-state index is 13.2. The van der Waals surface area contributed by atoms with Crippen molar-refractivity contribution in [3.05, 3.63) is 59.7 Å². The molecule has 0 spiro atoms. The highest BCUT2D eigenvalue weighted by atomic mass is 19.4. The number of aliphatic carboxylic acids is 1. The average molecular weight is 476 g/mol. The van der Waals surface area contributed by atoms with Crippen molar-refractivity contribution in [3.8, 4) is 11.1 Å². The number of hydrogen-bond donors (Lipinski definition) is 3. The molecule has 0 bridgehead atoms. The van der Waals surface area contributed by atoms with Crippen LogP contribution in [0.5, 0.6) is 0 Å². The molecule has 2 aromatic carbocycles. The number of carbonyl (C=O) groups excluding carboxylic acids is 2. The first-order chi connectivity index (χ1) is 16.1. The first-order valence-electron chi connectivity index (χ1n) is 10.8. The van der Waals surface area contributed by atoms with E-state index in [1.54, 1.807) is 0 Å². The number of hydrogen-bond acceptors (Lipinski definition) is 4. The van der Waals surface area contributed by atoms with E-state index in [0.717, 1.165) is 22.3 Å². The van der Waals surface area contributed by atoms with E-state index in [0.29, 0.717) is 0 Å². The highest BCUT2D eigenvalue weighted by Crippen LogP contribution is 2.49. The Hall–Kier alpha value is -3.56. The second-order valence-electron chi connectivity index (χ2n) is 8.52. The number of nitrogens with one attached hydrogen (secondary N) is 2. The SMILES string of the molecule is O=C(O)CCC(NC(=O)OCC1c2ccccc2-c2ccccc21)C(=O)NC1(C(F)(F)F)CC1. The van der Waals surface area contributed by atoms with Crippen LogP contribution in [0.1, 0.15) is 42.7 Å². The van der Waals surface area contributed by atoms with Crippen molar-refractivity contribution >= 4 is 18.0 Å². The van der Waals surface area contributed by atoms with Gasteiger partial charge in [-0.15, -0.1) is 0 Å². The number of carboxylic acid groups (broad SMARTS) is 1. The van der Waals surface area contributed by atoms with E-state index < -0.39 is 42.1 Å². The van der Waals surface area contributed by atoms with Gasteiger partial charge in [-0.2, -0.15) is 13.2 Å². The van der Waals surface area contributed by atoms with Gasteiger partial charge in [-0.1, -0.05) is 48.5 Å². The van der Waals surface area contributed by atoms with Gasteiger partial charge in [0.15, 0.2) is 0 Å². The maximum atomic E-state index is 13.2. The molecule has 1 fully saturated rings. The molecule has 7 nitrogen and oxygen atoms in total. The topological polar surface area (TPSA) is 105 Å². The van der Waals surface area contributed by atoms with E-state index in [-0.39, 0.29) is 31.8 Å². The molecule has 180 valence electrons. The summed E-state index contributed by atoms with van der Waals surface area (Å²) >= 11 is 0. The summed E-state index contributed by atoms with van der Waals surface area (Å²) < 4.78 is 45.0. The predicted octanol–water partition coefficient (Wildman–Crippen LogP) is 3.97. The number of alkyl halides is 3. The Kier molecular flexibility index (Phi) is 6.24. The molecule has 0 heterocycles. The average Bonchev–Trinajstić information content (AvgIpc) is 3.51. The molecule has 0 aromatic heterocycles. The molecule has 10 heteroatoms. The van der Waals surface area contributed by atoms with Crippen LogP contribution in [0.15, 0.2) is 48.5 Å². The number of alkyl carbamates (subject to hydrolysis) is 1. The zero-order chi connectivity index (χ0) is 24.5. The third-order valence-electron chi connectivity index (χ3n) is 6.25. The van der Waals surface area contributed by atoms with E-state index in [9.17, 15) is 27.6 Å². The van der Waals surface area contributed by atoms with E-state index in [1.807, 2.05) is 53.8 Å². The van der Waals surface area contributed by atoms with Gasteiger partial charge in [-0.05, 0) is 41.5 Å². The van der Waals surface area contributed by atoms with Gasteiger partial charge < -0.3 is 20.5 Å². The molecule has 0 saturated heterocycles. The van der Waals surface area contributed by atoms with E-state index in [1.165, 1.54) is 0 Å². The number of carbonyl (C=O) groups is 3. The van der Waals surface area contributed by atoms with Crippen LogP contribution in [0.2, 0.25) is 0 Å². The first kappa shape index (κ1) is 23.6. The van der Waals surface area contributed by atoms with Crippen LogP contribution < -0.4 is 10.6 Å². The Morgan fingerprint density at radius 3 is 2.09 bits per heavy atom. The second-order valence-corrected chi connectivity index (χ2v) is 8.52. The predicted molar refractivity (Wildman–Crippen MR) is 115 cm³/mol. The Bertz CT molecular complexity index is 1070. The summed E-state index contributed by atoms with van der Waals surface area (Å²) in [5.74, 6) is -2.59. The largest absolute Gasteiger partial charge is 0.481 e. The molecule has 0 aliphatic heterocycles. The minimum absolute atomic E-state index is 0.0559. The Labute approximate surface area is 193 Å². The summed E-state index contributed by atoms with van der Waals surface area (Å²) in [6, 6.07) is 13.9. The van der Waals surface area contributed by atoms with Gasteiger partial charge in [0, 0.05) is 12.3 Å². The third-order valence-corrected chi connectivity index (χ3v) is 6.25. The van der Waals surface area contributed by atoms with E-state index in [2.05, 4.69) is 5.32 Å². The highest BCUT2D eigenvalue weighted by molar-refractivity contribution is 5.87. The van der Waals surface area contributed by atoms with E-state index in [4.69, 9.17) is 9.84 Å². The number of ether oxygens (including phenoxy) is 1. The minimum Gasteiger partial charge on any atom is -0.481 e. The van der Waals surface area contributed by atoms with Crippen LogP contribution in [-0.2, 0) is 14.3 Å². The third kappa shape index (κ3) is 4.71. The Morgan fingerprint density at radius 1 is 1.03 bits per heavy atom. The fourth-order valence-electron chi connectivity index (χ4n) is 4.25. The van der Waals surface area contributed by atoms with Gasteiger partial charge in [0.25, 0.3) is 0 Å². The molecular formula is C24H23F3N2O5. The van der Waals surface area contributed by atoms with Gasteiger partial charge in [0.05, 0.1) is 0 Å². The number of rotatable bonds is 8. The fourth-order valence-corrected chi connectivity index (χ4v) is 4.25. The van der Waals surface area contributed by atoms with Crippen molar-refractivity contribution in [2.45, 2.75) is 49.4 Å². The summed E-state index contributed by atoms with van der Waals surface area (Å²) in [6.45, 7) is -0.0559. The summed E-state index contributed by atoms with van der Waals surface area (Å²) in [6.07, 6.45) is -7.06. The van der Waals surface area contributed by atoms with Gasteiger partial charge in [-0.3, -0.25) is 9.59 Å². The molecule has 2 aliphatic rings. The van der Waals surface area contributed by atoms with Gasteiger partial charge >= 0.3 is 18.2 Å². The van der Waals surface area contributed by atoms with Crippen LogP contribution in [0, 0.1) is 0 Å². The lowest BCUT2D eigenvalue weighted by molar-refractivity contribution is -0.171. The summed E-state index contributed by atoms with van der Waals surface area (Å²) in [7, 11) is 0. The minimum atomic E-state index is -4.64. The molecule has 2 amide bonds. The second kappa shape index (κ2) is 9.00. The van der Waals surface area contributed by atoms with Crippen molar-refractivity contribution in [3.63, 3.8) is 0 Å².